The maximum atomic E-state index is 12.5. The molecule has 1 aromatic carbocycles. The van der Waals surface area contributed by atoms with Gasteiger partial charge in [0.1, 0.15) is 17.6 Å². The molecule has 0 bridgehead atoms. The molecule has 0 aliphatic rings. The molecule has 0 aliphatic carbocycles. The number of benzene rings is 1. The molecular weight excluding hydrogens is 338 g/mol. The molecule has 2 aromatic heterocycles. The summed E-state index contributed by atoms with van der Waals surface area (Å²) in [6.45, 7) is 4.08. The number of aromatic nitrogens is 2. The zero-order chi connectivity index (χ0) is 18.7. The number of likely N-dealkylation sites (N-methyl/N-ethyl adjacent to an activating group) is 1. The number of nitrogens with zero attached hydrogens (tertiary/aromatic N) is 3. The first kappa shape index (κ1) is 17.7. The molecule has 8 heteroatoms. The Kier molecular flexibility index (Phi) is 5.01. The second-order valence-electron chi connectivity index (χ2n) is 5.68. The van der Waals surface area contributed by atoms with Crippen molar-refractivity contribution in [2.45, 2.75) is 20.4 Å². The van der Waals surface area contributed by atoms with Crippen molar-refractivity contribution >= 4 is 33.9 Å². The van der Waals surface area contributed by atoms with Crippen molar-refractivity contribution in [3.63, 3.8) is 0 Å². The molecule has 26 heavy (non-hydrogen) atoms. The van der Waals surface area contributed by atoms with Crippen LogP contribution in [0.4, 0.5) is 0 Å². The average Bonchev–Trinajstić information content (AvgIpc) is 3.03. The van der Waals surface area contributed by atoms with E-state index in [0.717, 1.165) is 9.95 Å². The normalized spacial score (nSPS) is 11.0. The topological polar surface area (TPSA) is 94.6 Å². The molecule has 3 aromatic rings. The monoisotopic (exact) mass is 357 g/mol. The van der Waals surface area contributed by atoms with Crippen LogP contribution in [0.25, 0.3) is 22.1 Å². The molecule has 0 atom stereocenters. The standard InChI is InChI=1S/C18H19N3O5/c1-3-20(4-2)14(22)10-25-15(23)9-21-11-19-16-12-7-5-6-8-13(12)26-17(16)18(21)24/h5-8,11H,3-4,9-10H2,1-2H3. The number of rotatable bonds is 6. The average molecular weight is 357 g/mol. The molecule has 136 valence electrons. The first-order valence-electron chi connectivity index (χ1n) is 8.35. The molecule has 0 radical (unpaired) electrons. The highest BCUT2D eigenvalue weighted by Crippen LogP contribution is 2.23. The fourth-order valence-corrected chi connectivity index (χ4v) is 2.72. The van der Waals surface area contributed by atoms with Crippen LogP contribution in [0.5, 0.6) is 0 Å². The minimum atomic E-state index is -0.690. The maximum Gasteiger partial charge on any atom is 0.326 e. The van der Waals surface area contributed by atoms with Crippen LogP contribution in [-0.2, 0) is 20.9 Å². The second kappa shape index (κ2) is 7.38. The molecule has 0 spiro atoms. The lowest BCUT2D eigenvalue weighted by atomic mass is 10.2. The highest BCUT2D eigenvalue weighted by atomic mass is 16.5. The number of hydrogen-bond donors (Lipinski definition) is 0. The molecule has 1 amide bonds. The van der Waals surface area contributed by atoms with E-state index in [1.807, 2.05) is 26.0 Å². The summed E-state index contributed by atoms with van der Waals surface area (Å²) in [7, 11) is 0. The van der Waals surface area contributed by atoms with E-state index in [2.05, 4.69) is 4.98 Å². The number of carbonyl (C=O) groups excluding carboxylic acids is 2. The van der Waals surface area contributed by atoms with Crippen molar-refractivity contribution in [3.8, 4) is 0 Å². The summed E-state index contributed by atoms with van der Waals surface area (Å²) in [6.07, 6.45) is 1.28. The molecule has 8 nitrogen and oxygen atoms in total. The van der Waals surface area contributed by atoms with E-state index in [9.17, 15) is 14.4 Å². The van der Waals surface area contributed by atoms with Crippen LogP contribution in [0.3, 0.4) is 0 Å². The van der Waals surface area contributed by atoms with Gasteiger partial charge in [-0.05, 0) is 26.0 Å². The lowest BCUT2D eigenvalue weighted by molar-refractivity contribution is -0.152. The van der Waals surface area contributed by atoms with Gasteiger partial charge in [-0.3, -0.25) is 19.0 Å². The van der Waals surface area contributed by atoms with E-state index in [0.29, 0.717) is 24.2 Å². The van der Waals surface area contributed by atoms with E-state index in [1.165, 1.54) is 6.33 Å². The Morgan fingerprint density at radius 2 is 1.96 bits per heavy atom. The highest BCUT2D eigenvalue weighted by Gasteiger charge is 2.16. The van der Waals surface area contributed by atoms with E-state index in [1.54, 1.807) is 17.0 Å². The van der Waals surface area contributed by atoms with Gasteiger partial charge in [0, 0.05) is 18.5 Å². The number of esters is 1. The number of amides is 1. The molecule has 0 fully saturated rings. The van der Waals surface area contributed by atoms with E-state index in [-0.39, 0.29) is 24.6 Å². The smallest absolute Gasteiger partial charge is 0.326 e. The number of ether oxygens (including phenoxy) is 1. The van der Waals surface area contributed by atoms with Crippen molar-refractivity contribution in [3.05, 3.63) is 40.9 Å². The van der Waals surface area contributed by atoms with E-state index < -0.39 is 11.5 Å². The lowest BCUT2D eigenvalue weighted by Gasteiger charge is -2.18. The van der Waals surface area contributed by atoms with Crippen LogP contribution in [-0.4, -0.2) is 46.0 Å². The molecule has 0 saturated heterocycles. The minimum absolute atomic E-state index is 0.0840. The van der Waals surface area contributed by atoms with Gasteiger partial charge in [-0.2, -0.15) is 0 Å². The molecule has 0 N–H and O–H groups in total. The Bertz CT molecular complexity index is 1020. The Morgan fingerprint density at radius 3 is 2.69 bits per heavy atom. The maximum absolute atomic E-state index is 12.5. The van der Waals surface area contributed by atoms with Crippen LogP contribution in [0.2, 0.25) is 0 Å². The Morgan fingerprint density at radius 1 is 1.23 bits per heavy atom. The SMILES string of the molecule is CCN(CC)C(=O)COC(=O)Cn1cnc2c(oc3ccccc32)c1=O. The molecule has 0 aliphatic heterocycles. The second-order valence-corrected chi connectivity index (χ2v) is 5.68. The highest BCUT2D eigenvalue weighted by molar-refractivity contribution is 6.01. The van der Waals surface area contributed by atoms with E-state index in [4.69, 9.17) is 9.15 Å². The molecule has 2 heterocycles. The van der Waals surface area contributed by atoms with Crippen LogP contribution < -0.4 is 5.56 Å². The molecule has 0 saturated carbocycles. The Labute approximate surface area is 149 Å². The number of fused-ring (bicyclic) bond motifs is 3. The summed E-state index contributed by atoms with van der Waals surface area (Å²) in [4.78, 5) is 42.1. The quantitative estimate of drug-likeness (QED) is 0.621. The third-order valence-corrected chi connectivity index (χ3v) is 4.12. The predicted molar refractivity (Wildman–Crippen MR) is 94.7 cm³/mol. The van der Waals surface area contributed by atoms with Gasteiger partial charge in [0.15, 0.2) is 6.61 Å². The third-order valence-electron chi connectivity index (χ3n) is 4.12. The van der Waals surface area contributed by atoms with Crippen LogP contribution in [0.1, 0.15) is 13.8 Å². The van der Waals surface area contributed by atoms with Gasteiger partial charge in [-0.1, -0.05) is 12.1 Å². The number of carbonyl (C=O) groups is 2. The number of para-hydroxylation sites is 1. The van der Waals surface area contributed by atoms with Gasteiger partial charge in [0.25, 0.3) is 11.5 Å². The largest absolute Gasteiger partial charge is 0.454 e. The Hall–Kier alpha value is -3.16. The van der Waals surface area contributed by atoms with E-state index >= 15 is 0 Å². The predicted octanol–water partition coefficient (Wildman–Crippen LogP) is 1.55. The minimum Gasteiger partial charge on any atom is -0.454 e. The van der Waals surface area contributed by atoms with Crippen LogP contribution in [0.15, 0.2) is 39.8 Å². The van der Waals surface area contributed by atoms with Crippen molar-refractivity contribution in [2.24, 2.45) is 0 Å². The van der Waals surface area contributed by atoms with Crippen molar-refractivity contribution in [1.82, 2.24) is 14.5 Å². The number of furan rings is 1. The van der Waals surface area contributed by atoms with Crippen LogP contribution in [0, 0.1) is 0 Å². The summed E-state index contributed by atoms with van der Waals surface area (Å²) < 4.78 is 11.6. The van der Waals surface area contributed by atoms with Gasteiger partial charge in [0.05, 0.1) is 6.33 Å². The summed E-state index contributed by atoms with van der Waals surface area (Å²) in [5.41, 5.74) is 0.614. The van der Waals surface area contributed by atoms with Crippen molar-refractivity contribution in [1.29, 1.82) is 0 Å². The number of hydrogen-bond acceptors (Lipinski definition) is 6. The first-order chi connectivity index (χ1) is 12.5. The van der Waals surface area contributed by atoms with Crippen molar-refractivity contribution < 1.29 is 18.7 Å². The molecule has 3 rings (SSSR count). The molecular formula is C18H19N3O5. The first-order valence-corrected chi connectivity index (χ1v) is 8.35. The summed E-state index contributed by atoms with van der Waals surface area (Å²) >= 11 is 0. The van der Waals surface area contributed by atoms with Gasteiger partial charge in [0.2, 0.25) is 5.58 Å². The fraction of sp³-hybridized carbons (Fsp3) is 0.333. The summed E-state index contributed by atoms with van der Waals surface area (Å²) in [5.74, 6) is -0.966. The van der Waals surface area contributed by atoms with Gasteiger partial charge < -0.3 is 14.1 Å². The van der Waals surface area contributed by atoms with Gasteiger partial charge in [-0.25, -0.2) is 4.98 Å². The Balaban J connectivity index is 1.75. The van der Waals surface area contributed by atoms with Crippen LogP contribution >= 0.6 is 0 Å². The zero-order valence-electron chi connectivity index (χ0n) is 14.6. The lowest BCUT2D eigenvalue weighted by Crippen LogP contribution is -2.35. The third kappa shape index (κ3) is 3.30. The van der Waals surface area contributed by atoms with Gasteiger partial charge >= 0.3 is 5.97 Å². The summed E-state index contributed by atoms with van der Waals surface area (Å²) in [5, 5.41) is 0.735. The summed E-state index contributed by atoms with van der Waals surface area (Å²) in [6, 6.07) is 7.18. The molecule has 0 unspecified atom stereocenters. The fourth-order valence-electron chi connectivity index (χ4n) is 2.72. The van der Waals surface area contributed by atoms with Gasteiger partial charge in [-0.15, -0.1) is 0 Å². The zero-order valence-corrected chi connectivity index (χ0v) is 14.6. The van der Waals surface area contributed by atoms with Crippen molar-refractivity contribution in [2.75, 3.05) is 19.7 Å².